The van der Waals surface area contributed by atoms with E-state index in [1.807, 2.05) is 55.5 Å². The highest BCUT2D eigenvalue weighted by atomic mass is 79.9. The Morgan fingerprint density at radius 1 is 1.14 bits per heavy atom. The van der Waals surface area contributed by atoms with E-state index in [-0.39, 0.29) is 0 Å². The van der Waals surface area contributed by atoms with Crippen LogP contribution in [-0.2, 0) is 9.53 Å². The molecule has 2 aromatic rings. The van der Waals surface area contributed by atoms with E-state index in [1.54, 1.807) is 6.08 Å². The zero-order valence-electron chi connectivity index (χ0n) is 11.3. The van der Waals surface area contributed by atoms with Crippen LogP contribution >= 0.6 is 15.9 Å². The predicted molar refractivity (Wildman–Crippen MR) is 85.9 cm³/mol. The van der Waals surface area contributed by atoms with E-state index >= 15 is 0 Å². The molecule has 3 rings (SSSR count). The predicted octanol–water partition coefficient (Wildman–Crippen LogP) is 4.10. The molecule has 3 nitrogen and oxygen atoms in total. The molecule has 4 heteroatoms. The van der Waals surface area contributed by atoms with Gasteiger partial charge < -0.3 is 4.74 Å². The fraction of sp³-hybridized carbons (Fsp3) is 0.0588. The highest BCUT2D eigenvalue weighted by Gasteiger charge is 2.23. The first-order valence-corrected chi connectivity index (χ1v) is 7.26. The number of carbonyl (C=O) groups is 1. The summed E-state index contributed by atoms with van der Waals surface area (Å²) < 4.78 is 6.18. The van der Waals surface area contributed by atoms with Gasteiger partial charge in [-0.2, -0.15) is 0 Å². The Bertz CT molecular complexity index is 761. The van der Waals surface area contributed by atoms with Crippen LogP contribution in [0.4, 0.5) is 0 Å². The summed E-state index contributed by atoms with van der Waals surface area (Å²) in [4.78, 5) is 16.2. The van der Waals surface area contributed by atoms with Crippen molar-refractivity contribution in [1.29, 1.82) is 0 Å². The molecule has 1 aliphatic heterocycles. The molecule has 0 aromatic heterocycles. The summed E-state index contributed by atoms with van der Waals surface area (Å²) >= 11 is 3.40. The summed E-state index contributed by atoms with van der Waals surface area (Å²) in [6, 6.07) is 15.4. The number of aliphatic imine (C=N–C) groups is 1. The summed E-state index contributed by atoms with van der Waals surface area (Å²) in [6.07, 6.45) is 1.72. The molecule has 0 unspecified atom stereocenters. The Morgan fingerprint density at radius 3 is 2.62 bits per heavy atom. The number of nitrogens with zero attached hydrogens (tertiary/aromatic N) is 1. The molecule has 0 saturated heterocycles. The van der Waals surface area contributed by atoms with Crippen molar-refractivity contribution >= 4 is 33.9 Å². The van der Waals surface area contributed by atoms with E-state index in [2.05, 4.69) is 20.9 Å². The van der Waals surface area contributed by atoms with Crippen LogP contribution in [0.25, 0.3) is 6.08 Å². The number of hydrogen-bond donors (Lipinski definition) is 0. The average molecular weight is 342 g/mol. The molecule has 0 N–H and O–H groups in total. The van der Waals surface area contributed by atoms with E-state index in [0.717, 1.165) is 21.2 Å². The molecular formula is C17H12BrNO2. The number of halogens is 1. The van der Waals surface area contributed by atoms with Crippen molar-refractivity contribution in [2.24, 2.45) is 4.99 Å². The van der Waals surface area contributed by atoms with Crippen LogP contribution in [0.5, 0.6) is 0 Å². The second kappa shape index (κ2) is 5.66. The average Bonchev–Trinajstić information content (AvgIpc) is 2.81. The minimum atomic E-state index is -0.425. The molecule has 0 fully saturated rings. The molecule has 1 aliphatic rings. The Balaban J connectivity index is 1.93. The maximum Gasteiger partial charge on any atom is 0.363 e. The minimum Gasteiger partial charge on any atom is -0.402 e. The lowest BCUT2D eigenvalue weighted by molar-refractivity contribution is -0.129. The summed E-state index contributed by atoms with van der Waals surface area (Å²) in [7, 11) is 0. The third kappa shape index (κ3) is 3.11. The van der Waals surface area contributed by atoms with E-state index < -0.39 is 5.97 Å². The Labute approximate surface area is 131 Å². The fourth-order valence-electron chi connectivity index (χ4n) is 1.98. The van der Waals surface area contributed by atoms with Gasteiger partial charge in [-0.3, -0.25) is 0 Å². The molecule has 1 heterocycles. The van der Waals surface area contributed by atoms with E-state index in [0.29, 0.717) is 11.6 Å². The maximum atomic E-state index is 11.9. The van der Waals surface area contributed by atoms with Gasteiger partial charge in [-0.1, -0.05) is 45.8 Å². The SMILES string of the molecule is Cc1ccc(C2=N/C(=C/c3cccc(Br)c3)C(=O)O2)cc1. The molecule has 0 bridgehead atoms. The van der Waals surface area contributed by atoms with Crippen molar-refractivity contribution in [1.82, 2.24) is 0 Å². The van der Waals surface area contributed by atoms with Crippen molar-refractivity contribution < 1.29 is 9.53 Å². The Morgan fingerprint density at radius 2 is 1.90 bits per heavy atom. The molecule has 0 spiro atoms. The molecule has 0 radical (unpaired) electrons. The van der Waals surface area contributed by atoms with E-state index in [1.165, 1.54) is 0 Å². The van der Waals surface area contributed by atoms with Gasteiger partial charge in [0, 0.05) is 10.0 Å². The van der Waals surface area contributed by atoms with Crippen LogP contribution in [0, 0.1) is 6.92 Å². The lowest BCUT2D eigenvalue weighted by atomic mass is 10.1. The normalized spacial score (nSPS) is 16.0. The van der Waals surface area contributed by atoms with Crippen molar-refractivity contribution in [3.63, 3.8) is 0 Å². The van der Waals surface area contributed by atoms with Crippen LogP contribution < -0.4 is 0 Å². The second-order valence-electron chi connectivity index (χ2n) is 4.76. The number of hydrogen-bond acceptors (Lipinski definition) is 3. The second-order valence-corrected chi connectivity index (χ2v) is 5.67. The van der Waals surface area contributed by atoms with Crippen molar-refractivity contribution in [2.75, 3.05) is 0 Å². The molecule has 2 aromatic carbocycles. The number of aryl methyl sites for hydroxylation is 1. The van der Waals surface area contributed by atoms with Crippen LogP contribution in [0.3, 0.4) is 0 Å². The molecule has 0 amide bonds. The number of ether oxygens (including phenoxy) is 1. The third-order valence-corrected chi connectivity index (χ3v) is 3.56. The monoisotopic (exact) mass is 341 g/mol. The summed E-state index contributed by atoms with van der Waals surface area (Å²) in [6.45, 7) is 2.00. The van der Waals surface area contributed by atoms with Gasteiger partial charge in [0.1, 0.15) is 0 Å². The third-order valence-electron chi connectivity index (χ3n) is 3.07. The van der Waals surface area contributed by atoms with Crippen LogP contribution in [0.15, 0.2) is 63.7 Å². The van der Waals surface area contributed by atoms with Gasteiger partial charge in [0.25, 0.3) is 0 Å². The quantitative estimate of drug-likeness (QED) is 0.609. The standard InChI is InChI=1S/C17H12BrNO2/c1-11-5-7-13(8-6-11)16-19-15(17(20)21-16)10-12-3-2-4-14(18)9-12/h2-10H,1H3/b15-10+. The van der Waals surface area contributed by atoms with E-state index in [4.69, 9.17) is 4.74 Å². The summed E-state index contributed by atoms with van der Waals surface area (Å²) in [5.41, 5.74) is 3.15. The largest absolute Gasteiger partial charge is 0.402 e. The fourth-order valence-corrected chi connectivity index (χ4v) is 2.40. The van der Waals surface area contributed by atoms with Gasteiger partial charge in [0.2, 0.25) is 5.90 Å². The number of benzene rings is 2. The lowest BCUT2D eigenvalue weighted by Crippen LogP contribution is -2.05. The van der Waals surface area contributed by atoms with Gasteiger partial charge in [0.05, 0.1) is 0 Å². The van der Waals surface area contributed by atoms with Crippen LogP contribution in [0.1, 0.15) is 16.7 Å². The Hall–Kier alpha value is -2.20. The number of cyclic esters (lactones) is 1. The van der Waals surface area contributed by atoms with Crippen molar-refractivity contribution in [3.8, 4) is 0 Å². The minimum absolute atomic E-state index is 0.309. The summed E-state index contributed by atoms with van der Waals surface area (Å²) in [5.74, 6) is -0.0770. The van der Waals surface area contributed by atoms with Gasteiger partial charge in [-0.25, -0.2) is 9.79 Å². The molecule has 104 valence electrons. The maximum absolute atomic E-state index is 11.9. The van der Waals surface area contributed by atoms with Gasteiger partial charge in [0.15, 0.2) is 5.70 Å². The Kier molecular flexibility index (Phi) is 3.71. The molecule has 21 heavy (non-hydrogen) atoms. The molecule has 0 atom stereocenters. The topological polar surface area (TPSA) is 38.7 Å². The van der Waals surface area contributed by atoms with Crippen molar-refractivity contribution in [2.45, 2.75) is 6.92 Å². The molecular weight excluding hydrogens is 330 g/mol. The number of esters is 1. The van der Waals surface area contributed by atoms with E-state index in [9.17, 15) is 4.79 Å². The zero-order chi connectivity index (χ0) is 14.8. The smallest absolute Gasteiger partial charge is 0.363 e. The zero-order valence-corrected chi connectivity index (χ0v) is 12.9. The van der Waals surface area contributed by atoms with Gasteiger partial charge in [-0.15, -0.1) is 0 Å². The highest BCUT2D eigenvalue weighted by molar-refractivity contribution is 9.10. The van der Waals surface area contributed by atoms with Gasteiger partial charge in [-0.05, 0) is 42.8 Å². The first-order valence-electron chi connectivity index (χ1n) is 6.47. The number of carbonyl (C=O) groups excluding carboxylic acids is 1. The van der Waals surface area contributed by atoms with Crippen LogP contribution in [-0.4, -0.2) is 11.9 Å². The first kappa shape index (κ1) is 13.8. The first-order chi connectivity index (χ1) is 10.1. The number of rotatable bonds is 2. The van der Waals surface area contributed by atoms with Crippen LogP contribution in [0.2, 0.25) is 0 Å². The molecule has 0 aliphatic carbocycles. The lowest BCUT2D eigenvalue weighted by Gasteiger charge is -1.99. The highest BCUT2D eigenvalue weighted by Crippen LogP contribution is 2.20. The molecule has 0 saturated carbocycles. The summed E-state index contributed by atoms with van der Waals surface area (Å²) in [5, 5.41) is 0. The van der Waals surface area contributed by atoms with Gasteiger partial charge >= 0.3 is 5.97 Å². The van der Waals surface area contributed by atoms with Crippen molar-refractivity contribution in [3.05, 3.63) is 75.4 Å².